The normalized spacial score (nSPS) is 15.4. The Kier molecular flexibility index (Phi) is 7.20. The van der Waals surface area contributed by atoms with E-state index in [-0.39, 0.29) is 16.0 Å². The van der Waals surface area contributed by atoms with Gasteiger partial charge < -0.3 is 0 Å². The van der Waals surface area contributed by atoms with Crippen LogP contribution in [0.4, 0.5) is 5.13 Å². The number of carbonyl (C=O) groups excluding carboxylic acids is 1. The third-order valence-corrected chi connectivity index (χ3v) is 11.4. The summed E-state index contributed by atoms with van der Waals surface area (Å²) in [6.45, 7) is 5.11. The first-order valence-corrected chi connectivity index (χ1v) is 15.2. The van der Waals surface area contributed by atoms with Crippen LogP contribution in [0.25, 0.3) is 10.2 Å². The summed E-state index contributed by atoms with van der Waals surface area (Å²) in [6, 6.07) is 17.2. The summed E-state index contributed by atoms with van der Waals surface area (Å²) in [5, 5.41) is 0.680. The van der Waals surface area contributed by atoms with Crippen molar-refractivity contribution in [2.45, 2.75) is 37.4 Å². The minimum absolute atomic E-state index is 0.00979. The quantitative estimate of drug-likeness (QED) is 0.279. The van der Waals surface area contributed by atoms with Crippen LogP contribution in [0.1, 0.15) is 29.5 Å². The van der Waals surface area contributed by atoms with Crippen LogP contribution in [0.3, 0.4) is 0 Å². The number of sulfonamides is 1. The summed E-state index contributed by atoms with van der Waals surface area (Å²) in [4.78, 5) is 20.6. The average Bonchev–Trinajstić information content (AvgIpc) is 3.53. The molecule has 10 heteroatoms. The number of halogens is 1. The van der Waals surface area contributed by atoms with E-state index in [1.54, 1.807) is 11.0 Å². The summed E-state index contributed by atoms with van der Waals surface area (Å²) in [7, 11) is -3.61. The number of fused-ring (bicyclic) bond motifs is 1. The van der Waals surface area contributed by atoms with Gasteiger partial charge in [-0.25, -0.2) is 13.4 Å². The fourth-order valence-corrected chi connectivity index (χ4v) is 8.72. The number of piperidine rings is 1. The van der Waals surface area contributed by atoms with Crippen LogP contribution >= 0.6 is 34.3 Å². The van der Waals surface area contributed by atoms with E-state index in [9.17, 15) is 13.2 Å². The molecule has 0 aliphatic carbocycles. The van der Waals surface area contributed by atoms with Gasteiger partial charge in [-0.15, -0.1) is 11.3 Å². The molecule has 6 nitrogen and oxygen atoms in total. The van der Waals surface area contributed by atoms with E-state index < -0.39 is 10.0 Å². The Morgan fingerprint density at radius 2 is 1.72 bits per heavy atom. The Labute approximate surface area is 224 Å². The SMILES string of the molecule is Cc1ccc(C)c2sc(N(Cc3ccccc3)C(=O)C3CCN(S(=O)(=O)c4ccc(Cl)s4)CC3)nc12. The molecule has 0 saturated carbocycles. The number of thiophene rings is 1. The van der Waals surface area contributed by atoms with E-state index in [1.807, 2.05) is 37.3 Å². The Balaban J connectivity index is 1.40. The molecular weight excluding hydrogens is 534 g/mol. The maximum absolute atomic E-state index is 13.9. The smallest absolute Gasteiger partial charge is 0.252 e. The Morgan fingerprint density at radius 1 is 1.03 bits per heavy atom. The zero-order chi connectivity index (χ0) is 25.4. The number of benzene rings is 2. The van der Waals surface area contributed by atoms with Crippen LogP contribution < -0.4 is 4.90 Å². The van der Waals surface area contributed by atoms with E-state index in [0.29, 0.717) is 41.9 Å². The van der Waals surface area contributed by atoms with Crippen LogP contribution in [-0.4, -0.2) is 36.7 Å². The van der Waals surface area contributed by atoms with Gasteiger partial charge in [-0.3, -0.25) is 9.69 Å². The van der Waals surface area contributed by atoms with Gasteiger partial charge in [0.05, 0.1) is 21.1 Å². The third-order valence-electron chi connectivity index (χ3n) is 6.56. The second-order valence-corrected chi connectivity index (χ2v) is 13.9. The minimum atomic E-state index is -3.61. The molecule has 0 radical (unpaired) electrons. The number of aromatic nitrogens is 1. The van der Waals surface area contributed by atoms with Crippen molar-refractivity contribution in [3.8, 4) is 0 Å². The highest BCUT2D eigenvalue weighted by atomic mass is 35.5. The predicted octanol–water partition coefficient (Wildman–Crippen LogP) is 6.26. The molecule has 188 valence electrons. The number of amides is 1. The standard InChI is InChI=1S/C26H26ClN3O3S3/c1-17-8-9-18(2)24-23(17)28-26(35-24)30(16-19-6-4-3-5-7-19)25(31)20-12-14-29(15-13-20)36(32,33)22-11-10-21(27)34-22/h3-11,20H,12-16H2,1-2H3. The summed E-state index contributed by atoms with van der Waals surface area (Å²) >= 11 is 8.55. The number of hydrogen-bond donors (Lipinski definition) is 0. The van der Waals surface area contributed by atoms with Crippen molar-refractivity contribution >= 4 is 65.6 Å². The largest absolute Gasteiger partial charge is 0.283 e. The van der Waals surface area contributed by atoms with Gasteiger partial charge in [-0.05, 0) is 55.5 Å². The molecule has 1 aliphatic heterocycles. The molecule has 2 aromatic carbocycles. The second kappa shape index (κ2) is 10.2. The van der Waals surface area contributed by atoms with Gasteiger partial charge in [0.15, 0.2) is 5.13 Å². The van der Waals surface area contributed by atoms with E-state index in [4.69, 9.17) is 16.6 Å². The maximum Gasteiger partial charge on any atom is 0.252 e. The van der Waals surface area contributed by atoms with Gasteiger partial charge in [-0.1, -0.05) is 65.4 Å². The molecule has 0 unspecified atom stereocenters. The molecule has 5 rings (SSSR count). The van der Waals surface area contributed by atoms with E-state index in [1.165, 1.54) is 21.7 Å². The van der Waals surface area contributed by atoms with Crippen molar-refractivity contribution in [3.63, 3.8) is 0 Å². The number of thiazole rings is 1. The Hall–Kier alpha value is -2.30. The number of aryl methyl sites for hydroxylation is 2. The topological polar surface area (TPSA) is 70.6 Å². The van der Waals surface area contributed by atoms with E-state index in [0.717, 1.165) is 38.2 Å². The van der Waals surface area contributed by atoms with Crippen LogP contribution in [0.2, 0.25) is 4.34 Å². The lowest BCUT2D eigenvalue weighted by atomic mass is 9.96. The van der Waals surface area contributed by atoms with Gasteiger partial charge in [0.2, 0.25) is 5.91 Å². The van der Waals surface area contributed by atoms with Crippen molar-refractivity contribution in [2.24, 2.45) is 5.92 Å². The zero-order valence-corrected chi connectivity index (χ0v) is 23.2. The highest BCUT2D eigenvalue weighted by Crippen LogP contribution is 2.36. The van der Waals surface area contributed by atoms with Gasteiger partial charge in [0.25, 0.3) is 10.0 Å². The zero-order valence-electron chi connectivity index (χ0n) is 20.0. The van der Waals surface area contributed by atoms with Gasteiger partial charge in [0.1, 0.15) is 4.21 Å². The number of anilines is 1. The molecule has 0 N–H and O–H groups in total. The summed E-state index contributed by atoms with van der Waals surface area (Å²) in [5.41, 5.74) is 4.17. The summed E-state index contributed by atoms with van der Waals surface area (Å²) < 4.78 is 29.3. The molecule has 1 saturated heterocycles. The summed E-state index contributed by atoms with van der Waals surface area (Å²) in [6.07, 6.45) is 0.927. The third kappa shape index (κ3) is 4.95. The Bertz CT molecular complexity index is 1470. The predicted molar refractivity (Wildman–Crippen MR) is 148 cm³/mol. The molecule has 0 bridgehead atoms. The van der Waals surface area contributed by atoms with Crippen LogP contribution in [0.15, 0.2) is 58.8 Å². The molecule has 3 heterocycles. The van der Waals surface area contributed by atoms with Crippen LogP contribution in [-0.2, 0) is 21.4 Å². The molecular formula is C26H26ClN3O3S3. The fraction of sp³-hybridized carbons (Fsp3) is 0.308. The van der Waals surface area contributed by atoms with Crippen molar-refractivity contribution in [3.05, 3.63) is 75.6 Å². The highest BCUT2D eigenvalue weighted by molar-refractivity contribution is 7.91. The first kappa shape index (κ1) is 25.4. The Morgan fingerprint density at radius 3 is 2.36 bits per heavy atom. The van der Waals surface area contributed by atoms with Crippen molar-refractivity contribution in [2.75, 3.05) is 18.0 Å². The van der Waals surface area contributed by atoms with Gasteiger partial charge >= 0.3 is 0 Å². The molecule has 2 aromatic heterocycles. The highest BCUT2D eigenvalue weighted by Gasteiger charge is 2.35. The van der Waals surface area contributed by atoms with Gasteiger partial charge in [0, 0.05) is 19.0 Å². The molecule has 1 aliphatic rings. The first-order valence-electron chi connectivity index (χ1n) is 11.7. The van der Waals surface area contributed by atoms with Crippen molar-refractivity contribution in [1.82, 2.24) is 9.29 Å². The molecule has 1 amide bonds. The monoisotopic (exact) mass is 559 g/mol. The van der Waals surface area contributed by atoms with Crippen LogP contribution in [0.5, 0.6) is 0 Å². The fourth-order valence-electron chi connectivity index (χ4n) is 4.50. The lowest BCUT2D eigenvalue weighted by molar-refractivity contribution is -0.123. The first-order chi connectivity index (χ1) is 17.2. The minimum Gasteiger partial charge on any atom is -0.283 e. The molecule has 4 aromatic rings. The number of carbonyl (C=O) groups is 1. The summed E-state index contributed by atoms with van der Waals surface area (Å²) in [5.74, 6) is -0.286. The second-order valence-electron chi connectivity index (χ2n) is 9.02. The van der Waals surface area contributed by atoms with E-state index >= 15 is 0 Å². The number of hydrogen-bond acceptors (Lipinski definition) is 6. The van der Waals surface area contributed by atoms with Gasteiger partial charge in [-0.2, -0.15) is 4.31 Å². The number of nitrogens with zero attached hydrogens (tertiary/aromatic N) is 3. The average molecular weight is 560 g/mol. The van der Waals surface area contributed by atoms with Crippen LogP contribution in [0, 0.1) is 19.8 Å². The molecule has 1 fully saturated rings. The van der Waals surface area contributed by atoms with E-state index in [2.05, 4.69) is 19.1 Å². The molecule has 36 heavy (non-hydrogen) atoms. The lowest BCUT2D eigenvalue weighted by Gasteiger charge is -2.32. The van der Waals surface area contributed by atoms with Crippen molar-refractivity contribution in [1.29, 1.82) is 0 Å². The number of rotatable bonds is 6. The van der Waals surface area contributed by atoms with Crippen molar-refractivity contribution < 1.29 is 13.2 Å². The maximum atomic E-state index is 13.9. The molecule has 0 spiro atoms. The lowest BCUT2D eigenvalue weighted by Crippen LogP contribution is -2.44. The molecule has 0 atom stereocenters.